The summed E-state index contributed by atoms with van der Waals surface area (Å²) in [5.41, 5.74) is 3.10. The number of amides is 1. The number of carbonyl (C=O) groups excluding carboxylic acids is 1. The molecule has 1 fully saturated rings. The van der Waals surface area contributed by atoms with Crippen LogP contribution in [0.4, 0.5) is 18.9 Å². The summed E-state index contributed by atoms with van der Waals surface area (Å²) in [6, 6.07) is 22.3. The predicted octanol–water partition coefficient (Wildman–Crippen LogP) is 5.61. The molecule has 1 amide bonds. The number of carbonyl (C=O) groups is 2. The lowest BCUT2D eigenvalue weighted by Crippen LogP contribution is -2.38. The molecule has 6 nitrogen and oxygen atoms in total. The van der Waals surface area contributed by atoms with Crippen LogP contribution in [0.2, 0.25) is 5.02 Å². The predicted molar refractivity (Wildman–Crippen MR) is 137 cm³/mol. The number of aromatic nitrogens is 1. The van der Waals surface area contributed by atoms with Crippen molar-refractivity contribution in [3.05, 3.63) is 83.5 Å². The minimum atomic E-state index is -5.08. The van der Waals surface area contributed by atoms with Crippen LogP contribution in [0.3, 0.4) is 0 Å². The van der Waals surface area contributed by atoms with Gasteiger partial charge in [0.1, 0.15) is 0 Å². The SMILES string of the molecule is O=C(Cc1cccc2ccccc12)NC1CCN(c2ccnc3cc(Cl)ccc23)C1.O=C(O)C(F)(F)F. The van der Waals surface area contributed by atoms with Gasteiger partial charge in [-0.25, -0.2) is 4.79 Å². The highest BCUT2D eigenvalue weighted by Crippen LogP contribution is 2.30. The van der Waals surface area contributed by atoms with Crippen molar-refractivity contribution in [3.63, 3.8) is 0 Å². The Morgan fingerprint density at radius 1 is 1.05 bits per heavy atom. The summed E-state index contributed by atoms with van der Waals surface area (Å²) >= 11 is 6.11. The van der Waals surface area contributed by atoms with E-state index < -0.39 is 12.1 Å². The second-order valence-electron chi connectivity index (χ2n) is 8.61. The van der Waals surface area contributed by atoms with Crippen LogP contribution in [0.1, 0.15) is 12.0 Å². The van der Waals surface area contributed by atoms with Crippen molar-refractivity contribution in [2.75, 3.05) is 18.0 Å². The third-order valence-corrected chi connectivity index (χ3v) is 6.28. The third kappa shape index (κ3) is 6.48. The molecular formula is C27H23ClF3N3O3. The van der Waals surface area contributed by atoms with Crippen molar-refractivity contribution < 1.29 is 27.9 Å². The van der Waals surface area contributed by atoms with Gasteiger partial charge >= 0.3 is 12.1 Å². The Morgan fingerprint density at radius 2 is 1.78 bits per heavy atom. The van der Waals surface area contributed by atoms with Crippen LogP contribution in [0, 0.1) is 0 Å². The smallest absolute Gasteiger partial charge is 0.475 e. The number of halogens is 4. The van der Waals surface area contributed by atoms with Crippen LogP contribution in [-0.2, 0) is 16.0 Å². The lowest BCUT2D eigenvalue weighted by atomic mass is 10.0. The zero-order chi connectivity index (χ0) is 26.6. The fraction of sp³-hybridized carbons (Fsp3) is 0.222. The Hall–Kier alpha value is -3.85. The summed E-state index contributed by atoms with van der Waals surface area (Å²) in [5, 5.41) is 14.4. The first kappa shape index (κ1) is 26.2. The maximum absolute atomic E-state index is 12.8. The highest BCUT2D eigenvalue weighted by atomic mass is 35.5. The molecule has 0 aliphatic carbocycles. The second-order valence-corrected chi connectivity index (χ2v) is 9.05. The van der Waals surface area contributed by atoms with E-state index in [1.807, 2.05) is 54.7 Å². The Balaban J connectivity index is 0.000000405. The number of nitrogens with one attached hydrogen (secondary N) is 1. The molecule has 3 aromatic carbocycles. The van der Waals surface area contributed by atoms with Gasteiger partial charge in [0.15, 0.2) is 0 Å². The molecule has 4 aromatic rings. The number of pyridine rings is 1. The normalized spacial score (nSPS) is 15.4. The molecule has 0 bridgehead atoms. The van der Waals surface area contributed by atoms with E-state index in [2.05, 4.69) is 33.4 Å². The number of hydrogen-bond acceptors (Lipinski definition) is 4. The molecule has 1 unspecified atom stereocenters. The summed E-state index contributed by atoms with van der Waals surface area (Å²) in [5.74, 6) is -2.68. The van der Waals surface area contributed by atoms with Crippen LogP contribution in [0.5, 0.6) is 0 Å². The van der Waals surface area contributed by atoms with Gasteiger partial charge in [-0.1, -0.05) is 54.1 Å². The zero-order valence-electron chi connectivity index (χ0n) is 19.5. The Bertz CT molecular complexity index is 1440. The lowest BCUT2D eigenvalue weighted by molar-refractivity contribution is -0.192. The molecule has 1 saturated heterocycles. The molecule has 192 valence electrons. The first-order valence-corrected chi connectivity index (χ1v) is 11.8. The minimum Gasteiger partial charge on any atom is -0.475 e. The van der Waals surface area contributed by atoms with Crippen LogP contribution in [0.25, 0.3) is 21.7 Å². The lowest BCUT2D eigenvalue weighted by Gasteiger charge is -2.21. The average Bonchev–Trinajstić information content (AvgIpc) is 3.31. The third-order valence-electron chi connectivity index (χ3n) is 6.05. The highest BCUT2D eigenvalue weighted by Gasteiger charge is 2.38. The summed E-state index contributed by atoms with van der Waals surface area (Å²) in [7, 11) is 0. The van der Waals surface area contributed by atoms with Gasteiger partial charge in [-0.2, -0.15) is 13.2 Å². The highest BCUT2D eigenvalue weighted by molar-refractivity contribution is 6.31. The summed E-state index contributed by atoms with van der Waals surface area (Å²) < 4.78 is 31.7. The van der Waals surface area contributed by atoms with E-state index in [9.17, 15) is 18.0 Å². The monoisotopic (exact) mass is 529 g/mol. The number of nitrogens with zero attached hydrogens (tertiary/aromatic N) is 2. The van der Waals surface area contributed by atoms with Crippen LogP contribution >= 0.6 is 11.6 Å². The number of hydrogen-bond donors (Lipinski definition) is 2. The van der Waals surface area contributed by atoms with E-state index >= 15 is 0 Å². The first-order chi connectivity index (χ1) is 17.6. The van der Waals surface area contributed by atoms with Gasteiger partial charge in [0.2, 0.25) is 5.91 Å². The molecule has 0 radical (unpaired) electrons. The fourth-order valence-electron chi connectivity index (χ4n) is 4.38. The standard InChI is InChI=1S/C25H22ClN3O.C2HF3O2/c26-19-8-9-22-23(15-19)27-12-10-24(22)29-13-11-20(16-29)28-25(30)14-18-6-3-5-17-4-1-2-7-21(17)18;3-2(4,5)1(6)7/h1-10,12,15,20H,11,13-14,16H2,(H,28,30);(H,6,7). The number of benzene rings is 3. The van der Waals surface area contributed by atoms with Gasteiger partial charge in [-0.05, 0) is 47.0 Å². The van der Waals surface area contributed by atoms with Gasteiger partial charge in [0, 0.05) is 41.4 Å². The number of anilines is 1. The van der Waals surface area contributed by atoms with Crippen molar-refractivity contribution in [1.29, 1.82) is 0 Å². The largest absolute Gasteiger partial charge is 0.490 e. The number of carboxylic acids is 1. The Labute approximate surface area is 215 Å². The molecule has 37 heavy (non-hydrogen) atoms. The molecule has 1 aliphatic heterocycles. The molecule has 0 spiro atoms. The topological polar surface area (TPSA) is 82.5 Å². The zero-order valence-corrected chi connectivity index (χ0v) is 20.3. The molecular weight excluding hydrogens is 507 g/mol. The van der Waals surface area contributed by atoms with Crippen molar-refractivity contribution in [2.24, 2.45) is 0 Å². The van der Waals surface area contributed by atoms with E-state index in [0.717, 1.165) is 47.1 Å². The second kappa shape index (κ2) is 11.0. The van der Waals surface area contributed by atoms with Crippen LogP contribution in [-0.4, -0.2) is 47.3 Å². The first-order valence-electron chi connectivity index (χ1n) is 11.5. The van der Waals surface area contributed by atoms with Gasteiger partial charge in [0.25, 0.3) is 0 Å². The van der Waals surface area contributed by atoms with E-state index in [-0.39, 0.29) is 11.9 Å². The van der Waals surface area contributed by atoms with E-state index in [1.165, 1.54) is 5.39 Å². The number of rotatable bonds is 4. The summed E-state index contributed by atoms with van der Waals surface area (Å²) in [6.07, 6.45) is -1.94. The fourth-order valence-corrected chi connectivity index (χ4v) is 4.54. The Kier molecular flexibility index (Phi) is 7.83. The maximum Gasteiger partial charge on any atom is 0.490 e. The average molecular weight is 530 g/mol. The molecule has 1 aromatic heterocycles. The van der Waals surface area contributed by atoms with E-state index in [4.69, 9.17) is 21.5 Å². The van der Waals surface area contributed by atoms with Crippen LogP contribution in [0.15, 0.2) is 72.9 Å². The minimum absolute atomic E-state index is 0.0737. The summed E-state index contributed by atoms with van der Waals surface area (Å²) in [4.78, 5) is 28.4. The van der Waals surface area contributed by atoms with Crippen molar-refractivity contribution in [2.45, 2.75) is 25.1 Å². The molecule has 1 atom stereocenters. The Morgan fingerprint density at radius 3 is 2.54 bits per heavy atom. The molecule has 2 N–H and O–H groups in total. The van der Waals surface area contributed by atoms with Crippen LogP contribution < -0.4 is 10.2 Å². The number of fused-ring (bicyclic) bond motifs is 2. The van der Waals surface area contributed by atoms with Gasteiger partial charge in [0.05, 0.1) is 11.9 Å². The van der Waals surface area contributed by atoms with Crippen molar-refractivity contribution in [1.82, 2.24) is 10.3 Å². The maximum atomic E-state index is 12.8. The molecule has 10 heteroatoms. The van der Waals surface area contributed by atoms with Crippen molar-refractivity contribution in [3.8, 4) is 0 Å². The molecule has 0 saturated carbocycles. The van der Waals surface area contributed by atoms with Gasteiger partial charge in [-0.15, -0.1) is 0 Å². The molecule has 5 rings (SSSR count). The van der Waals surface area contributed by atoms with Gasteiger partial charge < -0.3 is 15.3 Å². The van der Waals surface area contributed by atoms with E-state index in [1.54, 1.807) is 0 Å². The quantitative estimate of drug-likeness (QED) is 0.359. The van der Waals surface area contributed by atoms with E-state index in [0.29, 0.717) is 11.4 Å². The molecule has 1 aliphatic rings. The van der Waals surface area contributed by atoms with Gasteiger partial charge in [-0.3, -0.25) is 9.78 Å². The van der Waals surface area contributed by atoms with Crippen molar-refractivity contribution >= 4 is 50.8 Å². The number of aliphatic carboxylic acids is 1. The molecule has 2 heterocycles. The number of carboxylic acid groups (broad SMARTS) is 1. The summed E-state index contributed by atoms with van der Waals surface area (Å²) in [6.45, 7) is 1.70. The number of alkyl halides is 3.